The fraction of sp³-hybridized carbons (Fsp3) is 0.235. The summed E-state index contributed by atoms with van der Waals surface area (Å²) in [6.45, 7) is 3.84. The van der Waals surface area contributed by atoms with E-state index in [0.717, 1.165) is 11.1 Å². The van der Waals surface area contributed by atoms with Crippen molar-refractivity contribution in [2.75, 3.05) is 24.9 Å². The molecule has 2 amide bonds. The third-order valence-corrected chi connectivity index (χ3v) is 3.62. The van der Waals surface area contributed by atoms with Crippen molar-refractivity contribution in [2.24, 2.45) is 0 Å². The van der Waals surface area contributed by atoms with E-state index in [-0.39, 0.29) is 0 Å². The van der Waals surface area contributed by atoms with Crippen LogP contribution in [0.3, 0.4) is 0 Å². The summed E-state index contributed by atoms with van der Waals surface area (Å²) in [5, 5.41) is 6.00. The van der Waals surface area contributed by atoms with Gasteiger partial charge in [-0.3, -0.25) is 0 Å². The van der Waals surface area contributed by atoms with Crippen molar-refractivity contribution in [3.63, 3.8) is 0 Å². The van der Waals surface area contributed by atoms with Gasteiger partial charge in [0.2, 0.25) is 0 Å². The number of methoxy groups -OCH3 is 2. The lowest BCUT2D eigenvalue weighted by molar-refractivity contribution is 0.262. The van der Waals surface area contributed by atoms with Gasteiger partial charge in [0.15, 0.2) is 0 Å². The summed E-state index contributed by atoms with van der Waals surface area (Å²) in [5.41, 5.74) is 3.01. The zero-order valence-electron chi connectivity index (χ0n) is 13.5. The molecule has 122 valence electrons. The number of benzene rings is 2. The van der Waals surface area contributed by atoms with Gasteiger partial charge in [0.05, 0.1) is 30.6 Å². The zero-order valence-corrected chi connectivity index (χ0v) is 14.2. The average molecular weight is 335 g/mol. The van der Waals surface area contributed by atoms with Crippen molar-refractivity contribution in [3.8, 4) is 11.5 Å². The molecule has 23 heavy (non-hydrogen) atoms. The Bertz CT molecular complexity index is 709. The summed E-state index contributed by atoms with van der Waals surface area (Å²) < 4.78 is 10.4. The fourth-order valence-electron chi connectivity index (χ4n) is 2.25. The fourth-order valence-corrected chi connectivity index (χ4v) is 2.62. The first-order valence-electron chi connectivity index (χ1n) is 7.01. The third kappa shape index (κ3) is 4.07. The van der Waals surface area contributed by atoms with Crippen LogP contribution in [0.15, 0.2) is 30.3 Å². The highest BCUT2D eigenvalue weighted by molar-refractivity contribution is 6.34. The number of rotatable bonds is 4. The molecule has 0 spiro atoms. The molecule has 0 fully saturated rings. The molecule has 0 heterocycles. The summed E-state index contributed by atoms with van der Waals surface area (Å²) in [4.78, 5) is 12.3. The maximum absolute atomic E-state index is 12.3. The van der Waals surface area contributed by atoms with Gasteiger partial charge >= 0.3 is 6.03 Å². The summed E-state index contributed by atoms with van der Waals surface area (Å²) >= 11 is 6.20. The van der Waals surface area contributed by atoms with Crippen LogP contribution in [0.25, 0.3) is 0 Å². The van der Waals surface area contributed by atoms with Gasteiger partial charge in [0.25, 0.3) is 0 Å². The maximum Gasteiger partial charge on any atom is 0.323 e. The van der Waals surface area contributed by atoms with Gasteiger partial charge in [-0.2, -0.15) is 0 Å². The molecule has 2 rings (SSSR count). The van der Waals surface area contributed by atoms with Crippen molar-refractivity contribution in [1.29, 1.82) is 0 Å². The molecule has 0 aliphatic heterocycles. The topological polar surface area (TPSA) is 59.6 Å². The van der Waals surface area contributed by atoms with Crippen molar-refractivity contribution >= 4 is 29.0 Å². The van der Waals surface area contributed by atoms with Gasteiger partial charge in [0, 0.05) is 6.07 Å². The highest BCUT2D eigenvalue weighted by Gasteiger charge is 2.12. The van der Waals surface area contributed by atoms with E-state index in [2.05, 4.69) is 10.6 Å². The Morgan fingerprint density at radius 1 is 1.04 bits per heavy atom. The van der Waals surface area contributed by atoms with E-state index < -0.39 is 6.03 Å². The molecule has 0 unspecified atom stereocenters. The Morgan fingerprint density at radius 2 is 1.78 bits per heavy atom. The number of nitrogens with one attached hydrogen (secondary N) is 2. The molecule has 0 aliphatic carbocycles. The van der Waals surface area contributed by atoms with Crippen LogP contribution in [0.4, 0.5) is 16.2 Å². The van der Waals surface area contributed by atoms with E-state index in [1.54, 1.807) is 31.4 Å². The summed E-state index contributed by atoms with van der Waals surface area (Å²) in [6, 6.07) is 8.50. The highest BCUT2D eigenvalue weighted by atomic mass is 35.5. The van der Waals surface area contributed by atoms with E-state index in [1.165, 1.54) is 7.11 Å². The molecule has 2 N–H and O–H groups in total. The van der Waals surface area contributed by atoms with Crippen LogP contribution in [0, 0.1) is 13.8 Å². The number of urea groups is 1. The number of carbonyl (C=O) groups is 1. The molecule has 0 radical (unpaired) electrons. The van der Waals surface area contributed by atoms with Gasteiger partial charge in [-0.15, -0.1) is 0 Å². The Morgan fingerprint density at radius 3 is 2.39 bits per heavy atom. The number of hydrogen-bond donors (Lipinski definition) is 2. The Hall–Kier alpha value is -2.40. The SMILES string of the molecule is COc1ccc(OC)c(NC(=O)Nc2c(C)cc(C)cc2Cl)c1. The molecule has 2 aromatic rings. The Balaban J connectivity index is 2.20. The second-order valence-electron chi connectivity index (χ2n) is 5.08. The van der Waals surface area contributed by atoms with Crippen LogP contribution < -0.4 is 20.1 Å². The first-order valence-corrected chi connectivity index (χ1v) is 7.39. The number of anilines is 2. The predicted molar refractivity (Wildman–Crippen MR) is 93.1 cm³/mol. The summed E-state index contributed by atoms with van der Waals surface area (Å²) in [6.07, 6.45) is 0. The minimum absolute atomic E-state index is 0.412. The molecule has 0 atom stereocenters. The number of carbonyl (C=O) groups excluding carboxylic acids is 1. The van der Waals surface area contributed by atoms with Crippen LogP contribution in [0.2, 0.25) is 5.02 Å². The zero-order chi connectivity index (χ0) is 17.0. The highest BCUT2D eigenvalue weighted by Crippen LogP contribution is 2.30. The number of amides is 2. The van der Waals surface area contributed by atoms with Crippen LogP contribution in [0.5, 0.6) is 11.5 Å². The van der Waals surface area contributed by atoms with Gasteiger partial charge < -0.3 is 20.1 Å². The molecule has 0 bridgehead atoms. The molecule has 0 aliphatic rings. The first-order chi connectivity index (χ1) is 10.9. The van der Waals surface area contributed by atoms with E-state index in [0.29, 0.717) is 27.9 Å². The first kappa shape index (κ1) is 17.0. The molecular formula is C17H19ClN2O3. The summed E-state index contributed by atoms with van der Waals surface area (Å²) in [7, 11) is 3.09. The normalized spacial score (nSPS) is 10.1. The predicted octanol–water partition coefficient (Wildman–Crippen LogP) is 4.62. The molecule has 5 nitrogen and oxygen atoms in total. The van der Waals surface area contributed by atoms with Gasteiger partial charge in [0.1, 0.15) is 11.5 Å². The lowest BCUT2D eigenvalue weighted by Gasteiger charge is -2.14. The molecule has 0 aromatic heterocycles. The van der Waals surface area contributed by atoms with Crippen molar-refractivity contribution in [3.05, 3.63) is 46.5 Å². The van der Waals surface area contributed by atoms with Crippen LogP contribution >= 0.6 is 11.6 Å². The average Bonchev–Trinajstić information content (AvgIpc) is 2.50. The van der Waals surface area contributed by atoms with Crippen molar-refractivity contribution in [2.45, 2.75) is 13.8 Å². The smallest absolute Gasteiger partial charge is 0.323 e. The van der Waals surface area contributed by atoms with Crippen LogP contribution in [-0.4, -0.2) is 20.3 Å². The van der Waals surface area contributed by atoms with Crippen molar-refractivity contribution in [1.82, 2.24) is 0 Å². The summed E-state index contributed by atoms with van der Waals surface area (Å²) in [5.74, 6) is 1.15. The maximum atomic E-state index is 12.3. The largest absolute Gasteiger partial charge is 0.497 e. The number of halogens is 1. The van der Waals surface area contributed by atoms with E-state index in [4.69, 9.17) is 21.1 Å². The second-order valence-corrected chi connectivity index (χ2v) is 5.49. The van der Waals surface area contributed by atoms with E-state index in [9.17, 15) is 4.79 Å². The van der Waals surface area contributed by atoms with Gasteiger partial charge in [-0.05, 0) is 43.2 Å². The molecular weight excluding hydrogens is 316 g/mol. The Labute approximate surface area is 140 Å². The molecule has 6 heteroatoms. The number of hydrogen-bond acceptors (Lipinski definition) is 3. The monoisotopic (exact) mass is 334 g/mol. The second kappa shape index (κ2) is 7.24. The molecule has 0 saturated carbocycles. The lowest BCUT2D eigenvalue weighted by Crippen LogP contribution is -2.20. The molecule has 0 saturated heterocycles. The van der Waals surface area contributed by atoms with Crippen LogP contribution in [-0.2, 0) is 0 Å². The Kier molecular flexibility index (Phi) is 5.34. The standard InChI is InChI=1S/C17H19ClN2O3/c1-10-7-11(2)16(13(18)8-10)20-17(21)19-14-9-12(22-3)5-6-15(14)23-4/h5-9H,1-4H3,(H2,19,20,21). The van der Waals surface area contributed by atoms with E-state index >= 15 is 0 Å². The molecule has 2 aromatic carbocycles. The van der Waals surface area contributed by atoms with E-state index in [1.807, 2.05) is 19.9 Å². The van der Waals surface area contributed by atoms with Crippen molar-refractivity contribution < 1.29 is 14.3 Å². The van der Waals surface area contributed by atoms with Gasteiger partial charge in [-0.25, -0.2) is 4.79 Å². The number of aryl methyl sites for hydroxylation is 2. The third-order valence-electron chi connectivity index (χ3n) is 3.33. The van der Waals surface area contributed by atoms with Gasteiger partial charge in [-0.1, -0.05) is 17.7 Å². The quantitative estimate of drug-likeness (QED) is 0.857. The van der Waals surface area contributed by atoms with Crippen LogP contribution in [0.1, 0.15) is 11.1 Å². The minimum atomic E-state index is -0.412. The number of ether oxygens (including phenoxy) is 2. The lowest BCUT2D eigenvalue weighted by atomic mass is 10.1. The minimum Gasteiger partial charge on any atom is -0.497 e.